The van der Waals surface area contributed by atoms with Gasteiger partial charge in [-0.15, -0.1) is 11.3 Å². The van der Waals surface area contributed by atoms with E-state index in [0.717, 1.165) is 84.1 Å². The van der Waals surface area contributed by atoms with E-state index in [1.165, 1.54) is 6.42 Å². The summed E-state index contributed by atoms with van der Waals surface area (Å²) in [5.74, 6) is 1.79. The van der Waals surface area contributed by atoms with Crippen molar-refractivity contribution in [1.29, 1.82) is 0 Å². The van der Waals surface area contributed by atoms with E-state index in [9.17, 15) is 9.50 Å². The lowest BCUT2D eigenvalue weighted by Crippen LogP contribution is -2.36. The number of pyridine rings is 1. The molecule has 38 heavy (non-hydrogen) atoms. The van der Waals surface area contributed by atoms with Crippen LogP contribution in [0.2, 0.25) is 0 Å². The van der Waals surface area contributed by atoms with Crippen molar-refractivity contribution in [2.24, 2.45) is 5.92 Å². The molecule has 4 heterocycles. The van der Waals surface area contributed by atoms with Crippen LogP contribution in [0.3, 0.4) is 0 Å². The number of ether oxygens (including phenoxy) is 1. The molecule has 9 heteroatoms. The average molecular weight is 536 g/mol. The number of aliphatic hydroxyl groups is 1. The molecule has 2 atom stereocenters. The lowest BCUT2D eigenvalue weighted by Gasteiger charge is -2.28. The Kier molecular flexibility index (Phi) is 7.67. The molecule has 0 radical (unpaired) electrons. The molecule has 0 amide bonds. The number of fused-ring (bicyclic) bond motifs is 1. The third-order valence-electron chi connectivity index (χ3n) is 7.77. The predicted octanol–water partition coefficient (Wildman–Crippen LogP) is 5.87. The number of nitrogens with zero attached hydrogens (tertiary/aromatic N) is 5. The zero-order chi connectivity index (χ0) is 25.9. The number of hydrogen-bond donors (Lipinski definition) is 1. The van der Waals surface area contributed by atoms with Gasteiger partial charge in [-0.25, -0.2) is 9.37 Å². The van der Waals surface area contributed by atoms with E-state index in [4.69, 9.17) is 9.72 Å². The first-order chi connectivity index (χ1) is 18.6. The van der Waals surface area contributed by atoms with Crippen molar-refractivity contribution < 1.29 is 14.2 Å². The number of rotatable bonds is 8. The fraction of sp³-hybridized carbons (Fsp3) is 0.483. The Morgan fingerprint density at radius 2 is 1.87 bits per heavy atom. The minimum Gasteiger partial charge on any atom is -0.457 e. The Morgan fingerprint density at radius 1 is 1.03 bits per heavy atom. The average Bonchev–Trinajstić information content (AvgIpc) is 3.56. The van der Waals surface area contributed by atoms with E-state index >= 15 is 0 Å². The summed E-state index contributed by atoms with van der Waals surface area (Å²) in [6, 6.07) is 9.78. The van der Waals surface area contributed by atoms with Crippen LogP contribution in [0.25, 0.3) is 21.5 Å². The zero-order valence-electron chi connectivity index (χ0n) is 21.5. The van der Waals surface area contributed by atoms with Gasteiger partial charge in [0.25, 0.3) is 0 Å². The second-order valence-corrected chi connectivity index (χ2v) is 11.7. The molecule has 4 aromatic rings. The molecular weight excluding hydrogens is 501 g/mol. The number of alkyl halides is 1. The highest BCUT2D eigenvalue weighted by Gasteiger charge is 2.24. The summed E-state index contributed by atoms with van der Waals surface area (Å²) in [5, 5.41) is 15.9. The second-order valence-electron chi connectivity index (χ2n) is 10.5. The first kappa shape index (κ1) is 25.4. The van der Waals surface area contributed by atoms with Crippen molar-refractivity contribution in [1.82, 2.24) is 24.6 Å². The van der Waals surface area contributed by atoms with Crippen molar-refractivity contribution in [3.63, 3.8) is 0 Å². The van der Waals surface area contributed by atoms with Crippen molar-refractivity contribution in [2.75, 3.05) is 19.6 Å². The SMILES string of the molecule is O[C@@H]1CCCC[C@H]1Cc1nc2ccc(Oc3ccnc(-c4cnn(CCN5CCC(F)CC5)c4)c3)cc2s1. The van der Waals surface area contributed by atoms with Crippen LogP contribution in [0, 0.1) is 5.92 Å². The molecule has 0 bridgehead atoms. The molecule has 1 saturated heterocycles. The quantitative estimate of drug-likeness (QED) is 0.304. The van der Waals surface area contributed by atoms with Crippen molar-refractivity contribution in [3.8, 4) is 22.8 Å². The van der Waals surface area contributed by atoms with E-state index < -0.39 is 6.17 Å². The number of halogens is 1. The molecule has 1 aromatic carbocycles. The smallest absolute Gasteiger partial charge is 0.131 e. The molecule has 1 aliphatic heterocycles. The zero-order valence-corrected chi connectivity index (χ0v) is 22.3. The molecule has 0 spiro atoms. The summed E-state index contributed by atoms with van der Waals surface area (Å²) in [6.45, 7) is 3.26. The third kappa shape index (κ3) is 6.06. The Labute approximate surface area is 226 Å². The van der Waals surface area contributed by atoms with Crippen LogP contribution in [0.1, 0.15) is 43.5 Å². The number of aromatic nitrogens is 4. The Hall–Kier alpha value is -2.88. The van der Waals surface area contributed by atoms with Gasteiger partial charge in [0.05, 0.1) is 39.8 Å². The minimum atomic E-state index is -0.647. The second kappa shape index (κ2) is 11.5. The summed E-state index contributed by atoms with van der Waals surface area (Å²) in [5.41, 5.74) is 2.71. The van der Waals surface area contributed by atoms with Crippen LogP contribution in [0.5, 0.6) is 11.5 Å². The van der Waals surface area contributed by atoms with E-state index in [1.807, 2.05) is 47.4 Å². The van der Waals surface area contributed by atoms with E-state index in [1.54, 1.807) is 17.5 Å². The summed E-state index contributed by atoms with van der Waals surface area (Å²) >= 11 is 1.69. The van der Waals surface area contributed by atoms with E-state index in [-0.39, 0.29) is 6.10 Å². The molecule has 6 rings (SSSR count). The molecule has 2 aliphatic rings. The summed E-state index contributed by atoms with van der Waals surface area (Å²) < 4.78 is 22.6. The summed E-state index contributed by atoms with van der Waals surface area (Å²) in [6.07, 6.45) is 11.1. The number of aliphatic hydroxyl groups excluding tert-OH is 1. The molecule has 1 aliphatic carbocycles. The lowest BCUT2D eigenvalue weighted by molar-refractivity contribution is 0.0700. The minimum absolute atomic E-state index is 0.206. The normalized spacial score (nSPS) is 21.2. The van der Waals surface area contributed by atoms with Gasteiger partial charge in [-0.1, -0.05) is 12.8 Å². The van der Waals surface area contributed by atoms with Gasteiger partial charge in [-0.2, -0.15) is 5.10 Å². The highest BCUT2D eigenvalue weighted by atomic mass is 32.1. The third-order valence-corrected chi connectivity index (χ3v) is 8.81. The van der Waals surface area contributed by atoms with Gasteiger partial charge >= 0.3 is 0 Å². The van der Waals surface area contributed by atoms with Gasteiger partial charge in [-0.3, -0.25) is 9.67 Å². The Balaban J connectivity index is 1.09. The van der Waals surface area contributed by atoms with Crippen molar-refractivity contribution in [3.05, 3.63) is 53.9 Å². The molecule has 200 valence electrons. The highest BCUT2D eigenvalue weighted by molar-refractivity contribution is 7.18. The Morgan fingerprint density at radius 3 is 2.74 bits per heavy atom. The van der Waals surface area contributed by atoms with Crippen LogP contribution in [0.15, 0.2) is 48.9 Å². The topological polar surface area (TPSA) is 76.3 Å². The molecule has 0 unspecified atom stereocenters. The van der Waals surface area contributed by atoms with Crippen LogP contribution < -0.4 is 4.74 Å². The van der Waals surface area contributed by atoms with Gasteiger partial charge < -0.3 is 14.7 Å². The molecule has 1 N–H and O–H groups in total. The number of thiazole rings is 1. The number of hydrogen-bond acceptors (Lipinski definition) is 7. The fourth-order valence-corrected chi connectivity index (χ4v) is 6.60. The maximum absolute atomic E-state index is 13.4. The first-order valence-corrected chi connectivity index (χ1v) is 14.5. The summed E-state index contributed by atoms with van der Waals surface area (Å²) in [4.78, 5) is 11.6. The van der Waals surface area contributed by atoms with Gasteiger partial charge in [0.15, 0.2) is 0 Å². The molecule has 2 fully saturated rings. The maximum Gasteiger partial charge on any atom is 0.131 e. The molecule has 1 saturated carbocycles. The van der Waals surface area contributed by atoms with Gasteiger partial charge in [-0.05, 0) is 49.8 Å². The number of piperidine rings is 1. The van der Waals surface area contributed by atoms with Gasteiger partial charge in [0, 0.05) is 56.1 Å². The van der Waals surface area contributed by atoms with Crippen molar-refractivity contribution >= 4 is 21.6 Å². The molecule has 7 nitrogen and oxygen atoms in total. The highest BCUT2D eigenvalue weighted by Crippen LogP contribution is 2.33. The first-order valence-electron chi connectivity index (χ1n) is 13.7. The number of benzene rings is 1. The van der Waals surface area contributed by atoms with Crippen LogP contribution >= 0.6 is 11.3 Å². The van der Waals surface area contributed by atoms with Crippen LogP contribution in [-0.4, -0.2) is 61.7 Å². The van der Waals surface area contributed by atoms with Crippen LogP contribution in [0.4, 0.5) is 4.39 Å². The van der Waals surface area contributed by atoms with Crippen LogP contribution in [-0.2, 0) is 13.0 Å². The van der Waals surface area contributed by atoms with Crippen molar-refractivity contribution in [2.45, 2.75) is 63.8 Å². The standard InChI is InChI=1S/C29H34FN5O2S/c30-22-8-11-34(12-9-22)13-14-35-19-21(18-32-35)26-16-24(7-10-31-26)37-23-5-6-25-28(17-23)38-29(33-25)15-20-3-1-2-4-27(20)36/h5-7,10,16-20,22,27,36H,1-4,8-9,11-15H2/t20-,27+/m0/s1. The largest absolute Gasteiger partial charge is 0.457 e. The fourth-order valence-electron chi connectivity index (χ4n) is 5.51. The number of likely N-dealkylation sites (tertiary alicyclic amines) is 1. The lowest BCUT2D eigenvalue weighted by atomic mass is 9.84. The predicted molar refractivity (Wildman–Crippen MR) is 147 cm³/mol. The molecule has 3 aromatic heterocycles. The van der Waals surface area contributed by atoms with Gasteiger partial charge in [0.2, 0.25) is 0 Å². The van der Waals surface area contributed by atoms with E-state index in [0.29, 0.717) is 24.5 Å². The monoisotopic (exact) mass is 535 g/mol. The van der Waals surface area contributed by atoms with Gasteiger partial charge in [0.1, 0.15) is 17.7 Å². The van der Waals surface area contributed by atoms with E-state index in [2.05, 4.69) is 15.0 Å². The Bertz CT molecular complexity index is 1370. The molecular formula is C29H34FN5O2S. The maximum atomic E-state index is 13.4. The summed E-state index contributed by atoms with van der Waals surface area (Å²) in [7, 11) is 0.